The molecule has 0 bridgehead atoms. The summed E-state index contributed by atoms with van der Waals surface area (Å²) in [6.07, 6.45) is 6.05. The fourth-order valence-electron chi connectivity index (χ4n) is 1.13. The Morgan fingerprint density at radius 1 is 1.47 bits per heavy atom. The molecule has 0 aliphatic heterocycles. The number of unbranched alkanes of at least 4 members (excludes halogenated alkanes) is 2. The average molecular weight is 216 g/mol. The van der Waals surface area contributed by atoms with Crippen LogP contribution in [-0.2, 0) is 4.74 Å². The van der Waals surface area contributed by atoms with E-state index >= 15 is 0 Å². The molecule has 0 aliphatic carbocycles. The van der Waals surface area contributed by atoms with Crippen molar-refractivity contribution in [1.29, 1.82) is 0 Å². The van der Waals surface area contributed by atoms with Gasteiger partial charge in [0, 0.05) is 13.2 Å². The van der Waals surface area contributed by atoms with Crippen LogP contribution in [0.25, 0.3) is 0 Å². The molecule has 0 amide bonds. The highest BCUT2D eigenvalue weighted by Gasteiger charge is 2.04. The van der Waals surface area contributed by atoms with E-state index in [0.29, 0.717) is 6.54 Å². The molecule has 90 valence electrons. The van der Waals surface area contributed by atoms with Gasteiger partial charge in [-0.1, -0.05) is 19.8 Å². The second-order valence-corrected chi connectivity index (χ2v) is 3.64. The molecule has 0 aromatic carbocycles. The normalized spacial score (nSPS) is 15.7. The van der Waals surface area contributed by atoms with E-state index in [1.807, 2.05) is 0 Å². The molecule has 0 heterocycles. The van der Waals surface area contributed by atoms with Crippen molar-refractivity contribution in [3.05, 3.63) is 12.3 Å². The second kappa shape index (κ2) is 9.96. The minimum Gasteiger partial charge on any atom is -0.405 e. The Balaban J connectivity index is 3.63. The van der Waals surface area contributed by atoms with E-state index in [-0.39, 0.29) is 12.3 Å². The van der Waals surface area contributed by atoms with Gasteiger partial charge in [0.25, 0.3) is 0 Å². The van der Waals surface area contributed by atoms with Crippen molar-refractivity contribution >= 4 is 0 Å². The highest BCUT2D eigenvalue weighted by atomic mass is 16.5. The first-order valence-electron chi connectivity index (χ1n) is 5.62. The summed E-state index contributed by atoms with van der Waals surface area (Å²) in [7, 11) is 0. The number of aliphatic hydroxyl groups is 1. The second-order valence-electron chi connectivity index (χ2n) is 3.64. The Morgan fingerprint density at radius 3 is 2.73 bits per heavy atom. The highest BCUT2D eigenvalue weighted by molar-refractivity contribution is 4.84. The molecule has 0 aliphatic rings. The number of rotatable bonds is 9. The van der Waals surface area contributed by atoms with E-state index in [1.54, 1.807) is 13.0 Å². The van der Waals surface area contributed by atoms with Gasteiger partial charge in [0.1, 0.15) is 6.23 Å². The first kappa shape index (κ1) is 14.4. The standard InChI is InChI=1S/C11H24N2O2/c1-3-4-5-8-15-11(6-7-12)13-9-10(2)14/h6-7,10-11,13-14H,3-5,8-9,12H2,1-2H3. The quantitative estimate of drug-likeness (QED) is 0.397. The number of aliphatic hydroxyl groups excluding tert-OH is 1. The summed E-state index contributed by atoms with van der Waals surface area (Å²) < 4.78 is 5.55. The molecular weight excluding hydrogens is 192 g/mol. The van der Waals surface area contributed by atoms with Crippen molar-refractivity contribution in [3.63, 3.8) is 0 Å². The fourth-order valence-corrected chi connectivity index (χ4v) is 1.13. The van der Waals surface area contributed by atoms with Gasteiger partial charge in [-0.2, -0.15) is 0 Å². The van der Waals surface area contributed by atoms with Gasteiger partial charge in [0.05, 0.1) is 6.10 Å². The maximum Gasteiger partial charge on any atom is 0.129 e. The maximum absolute atomic E-state index is 9.11. The van der Waals surface area contributed by atoms with Gasteiger partial charge in [-0.3, -0.25) is 5.32 Å². The van der Waals surface area contributed by atoms with Crippen LogP contribution in [0, 0.1) is 0 Å². The van der Waals surface area contributed by atoms with Crippen LogP contribution < -0.4 is 11.1 Å². The van der Waals surface area contributed by atoms with Crippen LogP contribution in [0.4, 0.5) is 0 Å². The van der Waals surface area contributed by atoms with E-state index in [4.69, 9.17) is 15.6 Å². The summed E-state index contributed by atoms with van der Waals surface area (Å²) in [6.45, 7) is 5.11. The molecular formula is C11H24N2O2. The molecule has 4 nitrogen and oxygen atoms in total. The average Bonchev–Trinajstić information content (AvgIpc) is 2.20. The van der Waals surface area contributed by atoms with Crippen LogP contribution in [-0.4, -0.2) is 30.6 Å². The molecule has 0 radical (unpaired) electrons. The lowest BCUT2D eigenvalue weighted by atomic mass is 10.3. The zero-order valence-electron chi connectivity index (χ0n) is 9.78. The minimum absolute atomic E-state index is 0.193. The Morgan fingerprint density at radius 2 is 2.20 bits per heavy atom. The molecule has 2 unspecified atom stereocenters. The Hall–Kier alpha value is -0.580. The summed E-state index contributed by atoms with van der Waals surface area (Å²) in [4.78, 5) is 0. The van der Waals surface area contributed by atoms with Gasteiger partial charge >= 0.3 is 0 Å². The van der Waals surface area contributed by atoms with Crippen LogP contribution >= 0.6 is 0 Å². The van der Waals surface area contributed by atoms with Crippen molar-refractivity contribution in [2.75, 3.05) is 13.2 Å². The van der Waals surface area contributed by atoms with Crippen LogP contribution in [0.15, 0.2) is 12.3 Å². The topological polar surface area (TPSA) is 67.5 Å². The molecule has 0 aromatic rings. The largest absolute Gasteiger partial charge is 0.405 e. The Kier molecular flexibility index (Phi) is 9.57. The Labute approximate surface area is 92.5 Å². The molecule has 0 saturated carbocycles. The van der Waals surface area contributed by atoms with E-state index < -0.39 is 0 Å². The highest BCUT2D eigenvalue weighted by Crippen LogP contribution is 1.97. The van der Waals surface area contributed by atoms with Gasteiger partial charge in [0.15, 0.2) is 0 Å². The van der Waals surface area contributed by atoms with Crippen molar-refractivity contribution in [2.45, 2.75) is 45.4 Å². The first-order chi connectivity index (χ1) is 7.20. The van der Waals surface area contributed by atoms with E-state index in [2.05, 4.69) is 12.2 Å². The smallest absolute Gasteiger partial charge is 0.129 e. The summed E-state index contributed by atoms with van der Waals surface area (Å²) in [5, 5.41) is 12.2. The van der Waals surface area contributed by atoms with Crippen LogP contribution in [0.3, 0.4) is 0 Å². The van der Waals surface area contributed by atoms with Crippen LogP contribution in [0.2, 0.25) is 0 Å². The lowest BCUT2D eigenvalue weighted by molar-refractivity contribution is 0.0497. The molecule has 4 heteroatoms. The third kappa shape index (κ3) is 9.72. The fraction of sp³-hybridized carbons (Fsp3) is 0.818. The monoisotopic (exact) mass is 216 g/mol. The van der Waals surface area contributed by atoms with Crippen molar-refractivity contribution in [2.24, 2.45) is 5.73 Å². The molecule has 0 saturated heterocycles. The number of nitrogens with one attached hydrogen (secondary N) is 1. The lowest BCUT2D eigenvalue weighted by Gasteiger charge is -2.16. The predicted molar refractivity (Wildman–Crippen MR) is 62.3 cm³/mol. The van der Waals surface area contributed by atoms with Crippen LogP contribution in [0.5, 0.6) is 0 Å². The zero-order valence-corrected chi connectivity index (χ0v) is 9.78. The van der Waals surface area contributed by atoms with Gasteiger partial charge in [-0.15, -0.1) is 0 Å². The molecule has 0 aromatic heterocycles. The van der Waals surface area contributed by atoms with E-state index in [9.17, 15) is 0 Å². The van der Waals surface area contributed by atoms with Gasteiger partial charge in [-0.05, 0) is 25.6 Å². The summed E-state index contributed by atoms with van der Waals surface area (Å²) in [6, 6.07) is 0. The minimum atomic E-state index is -0.377. The van der Waals surface area contributed by atoms with Crippen molar-refractivity contribution < 1.29 is 9.84 Å². The van der Waals surface area contributed by atoms with Crippen LogP contribution in [0.1, 0.15) is 33.1 Å². The molecule has 15 heavy (non-hydrogen) atoms. The summed E-state index contributed by atoms with van der Waals surface area (Å²) in [5.74, 6) is 0. The number of ether oxygens (including phenoxy) is 1. The number of hydrogen-bond donors (Lipinski definition) is 3. The lowest BCUT2D eigenvalue weighted by Crippen LogP contribution is -2.35. The van der Waals surface area contributed by atoms with Gasteiger partial charge in [-0.25, -0.2) is 0 Å². The van der Waals surface area contributed by atoms with Crippen molar-refractivity contribution in [3.8, 4) is 0 Å². The van der Waals surface area contributed by atoms with Crippen molar-refractivity contribution in [1.82, 2.24) is 5.32 Å². The molecule has 2 atom stereocenters. The number of nitrogens with two attached hydrogens (primary N) is 1. The SMILES string of the molecule is CCCCCOC(C=CN)NCC(C)O. The zero-order chi connectivity index (χ0) is 11.5. The van der Waals surface area contributed by atoms with Gasteiger partial charge < -0.3 is 15.6 Å². The van der Waals surface area contributed by atoms with Gasteiger partial charge in [0.2, 0.25) is 0 Å². The van der Waals surface area contributed by atoms with E-state index in [0.717, 1.165) is 13.0 Å². The van der Waals surface area contributed by atoms with E-state index in [1.165, 1.54) is 19.0 Å². The molecule has 4 N–H and O–H groups in total. The third-order valence-corrected chi connectivity index (χ3v) is 1.95. The number of hydrogen-bond acceptors (Lipinski definition) is 4. The summed E-state index contributed by atoms with van der Waals surface area (Å²) in [5.41, 5.74) is 5.30. The Bertz CT molecular complexity index is 161. The predicted octanol–water partition coefficient (Wildman–Crippen LogP) is 0.962. The summed E-state index contributed by atoms with van der Waals surface area (Å²) >= 11 is 0. The molecule has 0 fully saturated rings. The first-order valence-corrected chi connectivity index (χ1v) is 5.62. The molecule has 0 spiro atoms. The third-order valence-electron chi connectivity index (χ3n) is 1.95. The molecule has 0 rings (SSSR count). The maximum atomic E-state index is 9.11.